The van der Waals surface area contributed by atoms with Crippen molar-refractivity contribution in [2.45, 2.75) is 103 Å². The number of ether oxygens (including phenoxy) is 2. The van der Waals surface area contributed by atoms with Gasteiger partial charge in [0.05, 0.1) is 30.8 Å². The summed E-state index contributed by atoms with van der Waals surface area (Å²) in [4.78, 5) is 43.2. The lowest BCUT2D eigenvalue weighted by molar-refractivity contribution is -0.160. The number of nitrogens with one attached hydrogen (secondary N) is 1. The predicted molar refractivity (Wildman–Crippen MR) is 143 cm³/mol. The standard InChI is InChI=1S/C30H44N2O6/c1-8-37-26(36)22-21-25(35)32(20(17-33)16-19-12-10-9-11-13-19)23(30(21)15-14-29(22,7)38-30)24(34)31-28(5,6)18-27(2,3)4/h9-13,20-23,33H,8,14-18H2,1-7H3,(H,31,34)/t20-,21+,22-,23?,29+,30?/m1/s1. The summed E-state index contributed by atoms with van der Waals surface area (Å²) >= 11 is 0. The number of rotatable bonds is 9. The summed E-state index contributed by atoms with van der Waals surface area (Å²) in [5.41, 5.74) is -1.68. The molecule has 3 saturated heterocycles. The highest BCUT2D eigenvalue weighted by atomic mass is 16.6. The lowest BCUT2D eigenvalue weighted by Crippen LogP contribution is -2.61. The average Bonchev–Trinajstić information content (AvgIpc) is 3.37. The number of carbonyl (C=O) groups excluding carboxylic acids is 3. The Balaban J connectivity index is 1.77. The Morgan fingerprint density at radius 2 is 1.84 bits per heavy atom. The van der Waals surface area contributed by atoms with E-state index in [0.29, 0.717) is 19.3 Å². The minimum Gasteiger partial charge on any atom is -0.466 e. The van der Waals surface area contributed by atoms with E-state index in [-0.39, 0.29) is 30.4 Å². The number of benzene rings is 1. The number of fused-ring (bicyclic) bond motifs is 1. The van der Waals surface area contributed by atoms with Crippen LogP contribution in [0.5, 0.6) is 0 Å². The predicted octanol–water partition coefficient (Wildman–Crippen LogP) is 3.25. The van der Waals surface area contributed by atoms with Crippen LogP contribution in [0.25, 0.3) is 0 Å². The summed E-state index contributed by atoms with van der Waals surface area (Å²) in [7, 11) is 0. The Morgan fingerprint density at radius 1 is 1.18 bits per heavy atom. The molecule has 38 heavy (non-hydrogen) atoms. The van der Waals surface area contributed by atoms with Crippen molar-refractivity contribution >= 4 is 17.8 Å². The molecule has 3 fully saturated rings. The molecular weight excluding hydrogens is 484 g/mol. The third-order valence-electron chi connectivity index (χ3n) is 8.36. The minimum atomic E-state index is -1.16. The molecule has 8 heteroatoms. The van der Waals surface area contributed by atoms with Crippen molar-refractivity contribution in [2.75, 3.05) is 13.2 Å². The van der Waals surface area contributed by atoms with Crippen LogP contribution in [0.15, 0.2) is 30.3 Å². The SMILES string of the molecule is CCOC(=O)[C@H]1[C@H]2C(=O)N([C@@H](CO)Cc3ccccc3)C(C(=O)NC(C)(C)CC(C)(C)C)C23CC[C@]1(C)O3. The molecule has 2 bridgehead atoms. The monoisotopic (exact) mass is 528 g/mol. The van der Waals surface area contributed by atoms with Crippen molar-refractivity contribution in [2.24, 2.45) is 17.3 Å². The summed E-state index contributed by atoms with van der Waals surface area (Å²) in [5, 5.41) is 13.7. The normalized spacial score (nSPS) is 31.3. The van der Waals surface area contributed by atoms with E-state index in [1.807, 2.05) is 51.1 Å². The van der Waals surface area contributed by atoms with Gasteiger partial charge in [-0.2, -0.15) is 0 Å². The number of carbonyl (C=O) groups is 3. The molecule has 0 radical (unpaired) electrons. The number of hydrogen-bond acceptors (Lipinski definition) is 6. The smallest absolute Gasteiger partial charge is 0.312 e. The lowest BCUT2D eigenvalue weighted by atomic mass is 9.66. The van der Waals surface area contributed by atoms with Crippen molar-refractivity contribution in [1.29, 1.82) is 0 Å². The first kappa shape index (κ1) is 28.6. The largest absolute Gasteiger partial charge is 0.466 e. The van der Waals surface area contributed by atoms with Crippen LogP contribution in [0, 0.1) is 17.3 Å². The van der Waals surface area contributed by atoms with Gasteiger partial charge in [0, 0.05) is 5.54 Å². The fourth-order valence-corrected chi connectivity index (χ4v) is 7.56. The van der Waals surface area contributed by atoms with Crippen LogP contribution < -0.4 is 5.32 Å². The lowest BCUT2D eigenvalue weighted by Gasteiger charge is -2.40. The van der Waals surface area contributed by atoms with Gasteiger partial charge in [0.2, 0.25) is 11.8 Å². The fourth-order valence-electron chi connectivity index (χ4n) is 7.56. The summed E-state index contributed by atoms with van der Waals surface area (Å²) in [6, 6.07) is 7.98. The Bertz CT molecular complexity index is 1070. The Hall–Kier alpha value is -2.45. The Labute approximate surface area is 226 Å². The summed E-state index contributed by atoms with van der Waals surface area (Å²) < 4.78 is 12.0. The molecule has 1 aromatic carbocycles. The molecular formula is C30H44N2O6. The highest BCUT2D eigenvalue weighted by molar-refractivity contribution is 5.99. The molecule has 0 aliphatic carbocycles. The van der Waals surface area contributed by atoms with Crippen molar-refractivity contribution in [3.63, 3.8) is 0 Å². The number of likely N-dealkylation sites (tertiary alicyclic amines) is 1. The molecule has 0 saturated carbocycles. The van der Waals surface area contributed by atoms with Gasteiger partial charge in [-0.25, -0.2) is 0 Å². The topological polar surface area (TPSA) is 105 Å². The van der Waals surface area contributed by atoms with E-state index in [1.165, 1.54) is 4.90 Å². The first-order chi connectivity index (χ1) is 17.7. The summed E-state index contributed by atoms with van der Waals surface area (Å²) in [5.74, 6) is -2.74. The zero-order chi connectivity index (χ0) is 28.1. The van der Waals surface area contributed by atoms with Crippen LogP contribution in [0.3, 0.4) is 0 Å². The molecule has 3 heterocycles. The zero-order valence-corrected chi connectivity index (χ0v) is 23.9. The molecule has 2 unspecified atom stereocenters. The van der Waals surface area contributed by atoms with E-state index in [1.54, 1.807) is 6.92 Å². The van der Waals surface area contributed by atoms with Gasteiger partial charge < -0.3 is 24.8 Å². The maximum atomic E-state index is 14.3. The van der Waals surface area contributed by atoms with Crippen molar-refractivity contribution in [3.05, 3.63) is 35.9 Å². The highest BCUT2D eigenvalue weighted by Gasteiger charge is 2.78. The molecule has 1 spiro atoms. The molecule has 6 atom stereocenters. The Morgan fingerprint density at radius 3 is 2.42 bits per heavy atom. The van der Waals surface area contributed by atoms with E-state index in [9.17, 15) is 19.5 Å². The van der Waals surface area contributed by atoms with Crippen LogP contribution in [0.1, 0.15) is 73.3 Å². The second-order valence-corrected chi connectivity index (χ2v) is 13.4. The summed E-state index contributed by atoms with van der Waals surface area (Å²) in [6.07, 6.45) is 2.13. The third-order valence-corrected chi connectivity index (χ3v) is 8.36. The van der Waals surface area contributed by atoms with E-state index < -0.39 is 46.6 Å². The second-order valence-electron chi connectivity index (χ2n) is 13.4. The van der Waals surface area contributed by atoms with Crippen molar-refractivity contribution in [3.8, 4) is 0 Å². The molecule has 8 nitrogen and oxygen atoms in total. The molecule has 0 aromatic heterocycles. The number of amides is 2. The number of aliphatic hydroxyl groups is 1. The average molecular weight is 529 g/mol. The van der Waals surface area contributed by atoms with Crippen LogP contribution in [0.4, 0.5) is 0 Å². The van der Waals surface area contributed by atoms with E-state index in [4.69, 9.17) is 9.47 Å². The van der Waals surface area contributed by atoms with E-state index >= 15 is 0 Å². The molecule has 3 aliphatic rings. The van der Waals surface area contributed by atoms with Gasteiger partial charge in [-0.05, 0) is 64.4 Å². The highest BCUT2D eigenvalue weighted by Crippen LogP contribution is 2.63. The van der Waals surface area contributed by atoms with Gasteiger partial charge in [0.15, 0.2) is 0 Å². The van der Waals surface area contributed by atoms with Gasteiger partial charge in [-0.1, -0.05) is 51.1 Å². The number of aliphatic hydroxyl groups excluding tert-OH is 1. The van der Waals surface area contributed by atoms with E-state index in [0.717, 1.165) is 12.0 Å². The molecule has 2 N–H and O–H groups in total. The van der Waals surface area contributed by atoms with Gasteiger partial charge >= 0.3 is 5.97 Å². The number of nitrogens with zero attached hydrogens (tertiary/aromatic N) is 1. The maximum Gasteiger partial charge on any atom is 0.312 e. The first-order valence-corrected chi connectivity index (χ1v) is 13.8. The molecule has 210 valence electrons. The number of hydrogen-bond donors (Lipinski definition) is 2. The fraction of sp³-hybridized carbons (Fsp3) is 0.700. The summed E-state index contributed by atoms with van der Waals surface area (Å²) in [6.45, 7) is 13.8. The van der Waals surface area contributed by atoms with Gasteiger partial charge in [-0.3, -0.25) is 14.4 Å². The van der Waals surface area contributed by atoms with Gasteiger partial charge in [-0.15, -0.1) is 0 Å². The van der Waals surface area contributed by atoms with Crippen LogP contribution in [0.2, 0.25) is 0 Å². The number of esters is 1. The van der Waals surface area contributed by atoms with E-state index in [2.05, 4.69) is 26.1 Å². The third kappa shape index (κ3) is 4.97. The molecule has 3 aliphatic heterocycles. The molecule has 2 amide bonds. The quantitative estimate of drug-likeness (QED) is 0.477. The molecule has 4 rings (SSSR count). The molecule has 1 aromatic rings. The Kier molecular flexibility index (Phi) is 7.47. The van der Waals surface area contributed by atoms with Gasteiger partial charge in [0.1, 0.15) is 17.6 Å². The van der Waals surface area contributed by atoms with Gasteiger partial charge in [0.25, 0.3) is 0 Å². The second kappa shape index (κ2) is 9.94. The van der Waals surface area contributed by atoms with Crippen LogP contribution >= 0.6 is 0 Å². The van der Waals surface area contributed by atoms with Crippen LogP contribution in [-0.4, -0.2) is 69.8 Å². The van der Waals surface area contributed by atoms with Crippen molar-refractivity contribution < 1.29 is 29.0 Å². The zero-order valence-electron chi connectivity index (χ0n) is 23.9. The minimum absolute atomic E-state index is 0.0332. The van der Waals surface area contributed by atoms with Crippen molar-refractivity contribution in [1.82, 2.24) is 10.2 Å². The maximum absolute atomic E-state index is 14.3. The van der Waals surface area contributed by atoms with Crippen LogP contribution in [-0.2, 0) is 30.3 Å². The first-order valence-electron chi connectivity index (χ1n) is 13.8.